The van der Waals surface area contributed by atoms with Crippen LogP contribution in [-0.4, -0.2) is 24.5 Å². The predicted octanol–water partition coefficient (Wildman–Crippen LogP) is 1.42. The Morgan fingerprint density at radius 3 is 2.69 bits per heavy atom. The summed E-state index contributed by atoms with van der Waals surface area (Å²) >= 11 is 0. The Morgan fingerprint density at radius 2 is 2.19 bits per heavy atom. The smallest absolute Gasteiger partial charge is 0.228 e. The van der Waals surface area contributed by atoms with Crippen LogP contribution in [0.1, 0.15) is 20.3 Å². The highest BCUT2D eigenvalue weighted by molar-refractivity contribution is 5.92. The molecule has 1 aromatic heterocycles. The summed E-state index contributed by atoms with van der Waals surface area (Å²) in [5.74, 6) is 0.703. The summed E-state index contributed by atoms with van der Waals surface area (Å²) in [5, 5.41) is 0. The number of pyridine rings is 1. The third-order valence-electron chi connectivity index (χ3n) is 2.55. The molecule has 0 atom stereocenters. The molecule has 1 heterocycles. The molecular formula is C12H19N3O. The number of hydrogen-bond acceptors (Lipinski definition) is 3. The Kier molecular flexibility index (Phi) is 4.01. The van der Waals surface area contributed by atoms with Crippen LogP contribution in [-0.2, 0) is 4.79 Å². The number of nitrogens with zero attached hydrogens (tertiary/aromatic N) is 2. The molecule has 1 aromatic rings. The van der Waals surface area contributed by atoms with Gasteiger partial charge >= 0.3 is 0 Å². The van der Waals surface area contributed by atoms with Crippen molar-refractivity contribution in [2.45, 2.75) is 20.3 Å². The molecule has 0 aliphatic carbocycles. The van der Waals surface area contributed by atoms with Crippen molar-refractivity contribution >= 4 is 11.7 Å². The van der Waals surface area contributed by atoms with Crippen LogP contribution < -0.4 is 10.6 Å². The minimum absolute atomic E-state index is 0.0363. The highest BCUT2D eigenvalue weighted by Gasteiger charge is 2.23. The molecule has 0 bridgehead atoms. The second kappa shape index (κ2) is 5.07. The fraction of sp³-hybridized carbons (Fsp3) is 0.500. The van der Waals surface area contributed by atoms with Gasteiger partial charge in [0.2, 0.25) is 5.91 Å². The molecule has 0 saturated carbocycles. The minimum atomic E-state index is -0.167. The normalized spacial score (nSPS) is 11.2. The molecule has 4 nitrogen and oxygen atoms in total. The van der Waals surface area contributed by atoms with E-state index in [1.165, 1.54) is 0 Å². The van der Waals surface area contributed by atoms with Crippen LogP contribution in [0, 0.1) is 5.41 Å². The lowest BCUT2D eigenvalue weighted by Crippen LogP contribution is -2.34. The van der Waals surface area contributed by atoms with Crippen molar-refractivity contribution in [2.75, 3.05) is 18.5 Å². The van der Waals surface area contributed by atoms with E-state index in [2.05, 4.69) is 4.98 Å². The predicted molar refractivity (Wildman–Crippen MR) is 65.1 cm³/mol. The molecule has 0 aliphatic rings. The number of nitrogens with two attached hydrogens (primary N) is 1. The zero-order chi connectivity index (χ0) is 12.2. The Bertz CT molecular complexity index is 349. The van der Waals surface area contributed by atoms with Gasteiger partial charge in [-0.1, -0.05) is 19.9 Å². The zero-order valence-electron chi connectivity index (χ0n) is 10.1. The number of rotatable bonds is 4. The number of hydrogen-bond donors (Lipinski definition) is 1. The first kappa shape index (κ1) is 12.6. The quantitative estimate of drug-likeness (QED) is 0.836. The van der Waals surface area contributed by atoms with E-state index in [1.54, 1.807) is 18.1 Å². The molecule has 0 fully saturated rings. The third-order valence-corrected chi connectivity index (χ3v) is 2.55. The van der Waals surface area contributed by atoms with Gasteiger partial charge in [-0.15, -0.1) is 0 Å². The molecule has 4 heteroatoms. The van der Waals surface area contributed by atoms with Crippen LogP contribution in [0.2, 0.25) is 0 Å². The van der Waals surface area contributed by atoms with Gasteiger partial charge in [0.25, 0.3) is 0 Å². The van der Waals surface area contributed by atoms with Gasteiger partial charge < -0.3 is 5.73 Å². The molecule has 0 saturated heterocycles. The number of anilines is 1. The first-order valence-corrected chi connectivity index (χ1v) is 5.34. The summed E-state index contributed by atoms with van der Waals surface area (Å²) in [4.78, 5) is 17.6. The van der Waals surface area contributed by atoms with Crippen LogP contribution in [0.3, 0.4) is 0 Å². The van der Waals surface area contributed by atoms with Crippen LogP contribution in [0.4, 0.5) is 5.82 Å². The molecule has 0 aliphatic heterocycles. The monoisotopic (exact) mass is 221 g/mol. The van der Waals surface area contributed by atoms with Gasteiger partial charge in [-0.3, -0.25) is 9.69 Å². The first-order chi connectivity index (χ1) is 7.46. The van der Waals surface area contributed by atoms with E-state index < -0.39 is 0 Å². The highest BCUT2D eigenvalue weighted by atomic mass is 16.2. The van der Waals surface area contributed by atoms with Crippen molar-refractivity contribution in [3.8, 4) is 0 Å². The first-order valence-electron chi connectivity index (χ1n) is 5.34. The lowest BCUT2D eigenvalue weighted by Gasteiger charge is -2.24. The van der Waals surface area contributed by atoms with E-state index in [1.807, 2.05) is 32.0 Å². The van der Waals surface area contributed by atoms with Crippen molar-refractivity contribution in [3.05, 3.63) is 24.4 Å². The van der Waals surface area contributed by atoms with Gasteiger partial charge in [-0.05, 0) is 24.1 Å². The second-order valence-corrected chi connectivity index (χ2v) is 4.69. The maximum Gasteiger partial charge on any atom is 0.228 e. The standard InChI is InChI=1S/C12H19N3O/c1-12(2,9-13)8-11(16)15(3)10-6-4-5-7-14-10/h4-7H,8-9,13H2,1-3H3. The average molecular weight is 221 g/mol. The number of aromatic nitrogens is 1. The van der Waals surface area contributed by atoms with Crippen molar-refractivity contribution in [1.82, 2.24) is 4.98 Å². The van der Waals surface area contributed by atoms with E-state index in [0.717, 1.165) is 0 Å². The van der Waals surface area contributed by atoms with Crippen molar-refractivity contribution < 1.29 is 4.79 Å². The summed E-state index contributed by atoms with van der Waals surface area (Å²) in [6.45, 7) is 4.46. The minimum Gasteiger partial charge on any atom is -0.330 e. The summed E-state index contributed by atoms with van der Waals surface area (Å²) < 4.78 is 0. The third kappa shape index (κ3) is 3.31. The van der Waals surface area contributed by atoms with Crippen LogP contribution in [0.15, 0.2) is 24.4 Å². The topological polar surface area (TPSA) is 59.2 Å². The summed E-state index contributed by atoms with van der Waals surface area (Å²) in [5.41, 5.74) is 5.44. The van der Waals surface area contributed by atoms with Crippen molar-refractivity contribution in [1.29, 1.82) is 0 Å². The van der Waals surface area contributed by atoms with E-state index in [4.69, 9.17) is 5.73 Å². The lowest BCUT2D eigenvalue weighted by molar-refractivity contribution is -0.120. The second-order valence-electron chi connectivity index (χ2n) is 4.69. The molecule has 0 radical (unpaired) electrons. The molecule has 0 unspecified atom stereocenters. The van der Waals surface area contributed by atoms with Gasteiger partial charge in [0.15, 0.2) is 0 Å². The van der Waals surface area contributed by atoms with Gasteiger partial charge in [-0.2, -0.15) is 0 Å². The molecule has 16 heavy (non-hydrogen) atoms. The van der Waals surface area contributed by atoms with Gasteiger partial charge in [0.05, 0.1) is 0 Å². The molecule has 2 N–H and O–H groups in total. The molecule has 1 amide bonds. The van der Waals surface area contributed by atoms with Crippen LogP contribution in [0.5, 0.6) is 0 Å². The highest BCUT2D eigenvalue weighted by Crippen LogP contribution is 2.20. The molecule has 0 aromatic carbocycles. The maximum absolute atomic E-state index is 11.9. The van der Waals surface area contributed by atoms with Crippen LogP contribution >= 0.6 is 0 Å². The number of carbonyl (C=O) groups excluding carboxylic acids is 1. The lowest BCUT2D eigenvalue weighted by atomic mass is 9.89. The van der Waals surface area contributed by atoms with E-state index >= 15 is 0 Å². The van der Waals surface area contributed by atoms with Gasteiger partial charge in [0, 0.05) is 19.7 Å². The van der Waals surface area contributed by atoms with Gasteiger partial charge in [-0.25, -0.2) is 4.98 Å². The summed E-state index contributed by atoms with van der Waals surface area (Å²) in [7, 11) is 1.73. The van der Waals surface area contributed by atoms with Crippen molar-refractivity contribution in [2.24, 2.45) is 11.1 Å². The SMILES string of the molecule is CN(C(=O)CC(C)(C)CN)c1ccccn1. The fourth-order valence-electron chi connectivity index (χ4n) is 1.28. The molecule has 88 valence electrons. The van der Waals surface area contributed by atoms with Crippen LogP contribution in [0.25, 0.3) is 0 Å². The summed E-state index contributed by atoms with van der Waals surface area (Å²) in [6.07, 6.45) is 2.10. The summed E-state index contributed by atoms with van der Waals surface area (Å²) in [6, 6.07) is 5.50. The van der Waals surface area contributed by atoms with Crippen molar-refractivity contribution in [3.63, 3.8) is 0 Å². The van der Waals surface area contributed by atoms with E-state index in [-0.39, 0.29) is 11.3 Å². The molecular weight excluding hydrogens is 202 g/mol. The van der Waals surface area contributed by atoms with Gasteiger partial charge in [0.1, 0.15) is 5.82 Å². The average Bonchev–Trinajstić information content (AvgIpc) is 2.28. The Morgan fingerprint density at radius 1 is 1.50 bits per heavy atom. The molecule has 0 spiro atoms. The maximum atomic E-state index is 11.9. The van der Waals surface area contributed by atoms with E-state index in [0.29, 0.717) is 18.8 Å². The van der Waals surface area contributed by atoms with E-state index in [9.17, 15) is 4.79 Å². The number of amides is 1. The zero-order valence-corrected chi connectivity index (χ0v) is 10.1. The Balaban J connectivity index is 2.69. The largest absolute Gasteiger partial charge is 0.330 e. The number of carbonyl (C=O) groups is 1. The Labute approximate surface area is 96.5 Å². The fourth-order valence-corrected chi connectivity index (χ4v) is 1.28. The molecule has 1 rings (SSSR count). The Hall–Kier alpha value is -1.42.